The Labute approximate surface area is 161 Å². The van der Waals surface area contributed by atoms with Crippen molar-refractivity contribution in [2.24, 2.45) is 4.99 Å². The Hall–Kier alpha value is -1.10. The maximum absolute atomic E-state index is 11.7. The fourth-order valence-electron chi connectivity index (χ4n) is 1.41. The van der Waals surface area contributed by atoms with Crippen LogP contribution in [0.25, 0.3) is 0 Å². The SMILES string of the molecule is COCCNC(=NCC(=O)N(C)C)NCCC(=O)OC(C)(C)C.I. The van der Waals surface area contributed by atoms with Crippen LogP contribution in [-0.2, 0) is 19.1 Å². The number of ether oxygens (including phenoxy) is 2. The first-order chi connectivity index (χ1) is 10.7. The second-order valence-corrected chi connectivity index (χ2v) is 6.14. The topological polar surface area (TPSA) is 92.3 Å². The molecule has 0 atom stereocenters. The van der Waals surface area contributed by atoms with Gasteiger partial charge in [-0.15, -0.1) is 24.0 Å². The molecule has 0 aliphatic carbocycles. The van der Waals surface area contributed by atoms with E-state index in [1.165, 1.54) is 4.90 Å². The molecule has 0 bridgehead atoms. The molecule has 0 spiro atoms. The highest BCUT2D eigenvalue weighted by Crippen LogP contribution is 2.07. The van der Waals surface area contributed by atoms with Gasteiger partial charge in [-0.1, -0.05) is 0 Å². The third kappa shape index (κ3) is 14.5. The Morgan fingerprint density at radius 3 is 2.21 bits per heavy atom. The molecule has 2 N–H and O–H groups in total. The molecule has 0 saturated carbocycles. The summed E-state index contributed by atoms with van der Waals surface area (Å²) in [5.74, 6) is 0.0661. The summed E-state index contributed by atoms with van der Waals surface area (Å²) >= 11 is 0. The van der Waals surface area contributed by atoms with Crippen molar-refractivity contribution in [3.8, 4) is 0 Å². The number of aliphatic imine (C=N–C) groups is 1. The third-order valence-electron chi connectivity index (χ3n) is 2.51. The van der Waals surface area contributed by atoms with E-state index in [0.29, 0.717) is 25.7 Å². The molecule has 9 heteroatoms. The number of methoxy groups -OCH3 is 1. The van der Waals surface area contributed by atoms with Crippen molar-refractivity contribution in [2.45, 2.75) is 32.8 Å². The number of hydrogen-bond acceptors (Lipinski definition) is 5. The van der Waals surface area contributed by atoms with E-state index in [1.54, 1.807) is 21.2 Å². The van der Waals surface area contributed by atoms with E-state index in [9.17, 15) is 9.59 Å². The number of hydrogen-bond donors (Lipinski definition) is 2. The molecule has 0 aromatic heterocycles. The second kappa shape index (κ2) is 13.2. The fourth-order valence-corrected chi connectivity index (χ4v) is 1.41. The maximum atomic E-state index is 11.7. The van der Waals surface area contributed by atoms with Crippen LogP contribution >= 0.6 is 24.0 Å². The number of rotatable bonds is 8. The van der Waals surface area contributed by atoms with Crippen LogP contribution in [0.15, 0.2) is 4.99 Å². The number of esters is 1. The smallest absolute Gasteiger partial charge is 0.308 e. The molecule has 24 heavy (non-hydrogen) atoms. The Kier molecular flexibility index (Phi) is 13.9. The molecule has 0 aliphatic heterocycles. The number of likely N-dealkylation sites (N-methyl/N-ethyl adjacent to an activating group) is 1. The molecule has 0 radical (unpaired) electrons. The van der Waals surface area contributed by atoms with Gasteiger partial charge in [0.05, 0.1) is 13.0 Å². The first-order valence-electron chi connectivity index (χ1n) is 7.59. The van der Waals surface area contributed by atoms with Crippen LogP contribution in [0.2, 0.25) is 0 Å². The number of carbonyl (C=O) groups is 2. The molecule has 0 aromatic carbocycles. The van der Waals surface area contributed by atoms with Crippen molar-refractivity contribution in [1.82, 2.24) is 15.5 Å². The van der Waals surface area contributed by atoms with Gasteiger partial charge in [0.2, 0.25) is 5.91 Å². The molecule has 0 unspecified atom stereocenters. The first kappa shape index (κ1) is 25.1. The summed E-state index contributed by atoms with van der Waals surface area (Å²) in [7, 11) is 4.95. The van der Waals surface area contributed by atoms with Gasteiger partial charge < -0.3 is 25.0 Å². The lowest BCUT2D eigenvalue weighted by Gasteiger charge is -2.19. The predicted octanol–water partition coefficient (Wildman–Crippen LogP) is 0.606. The molecule has 0 heterocycles. The summed E-state index contributed by atoms with van der Waals surface area (Å²) in [6, 6.07) is 0. The number of nitrogens with zero attached hydrogens (tertiary/aromatic N) is 2. The molecular weight excluding hydrogens is 427 g/mol. The maximum Gasteiger partial charge on any atom is 0.308 e. The number of nitrogens with one attached hydrogen (secondary N) is 2. The van der Waals surface area contributed by atoms with Crippen LogP contribution in [0.3, 0.4) is 0 Å². The molecular formula is C15H31IN4O4. The van der Waals surface area contributed by atoms with Gasteiger partial charge in [-0.3, -0.25) is 9.59 Å². The van der Waals surface area contributed by atoms with Crippen LogP contribution in [-0.4, -0.2) is 75.8 Å². The minimum Gasteiger partial charge on any atom is -0.460 e. The second-order valence-electron chi connectivity index (χ2n) is 6.14. The number of halogens is 1. The molecule has 1 amide bonds. The van der Waals surface area contributed by atoms with E-state index >= 15 is 0 Å². The standard InChI is InChI=1S/C15H30N4O4.HI/c1-15(2,3)23-13(21)7-8-16-14(17-9-10-22-6)18-11-12(20)19(4)5;/h7-11H2,1-6H3,(H2,16,17,18);1H. The lowest BCUT2D eigenvalue weighted by molar-refractivity contribution is -0.154. The number of guanidine groups is 1. The highest BCUT2D eigenvalue weighted by Gasteiger charge is 2.15. The van der Waals surface area contributed by atoms with Crippen LogP contribution in [0.1, 0.15) is 27.2 Å². The summed E-state index contributed by atoms with van der Waals surface area (Å²) in [4.78, 5) is 28.9. The zero-order valence-corrected chi connectivity index (χ0v) is 17.8. The average molecular weight is 458 g/mol. The van der Waals surface area contributed by atoms with E-state index in [-0.39, 0.29) is 48.8 Å². The molecule has 0 aliphatic rings. The van der Waals surface area contributed by atoms with Crippen LogP contribution in [0, 0.1) is 0 Å². The summed E-state index contributed by atoms with van der Waals surface area (Å²) in [5, 5.41) is 6.03. The van der Waals surface area contributed by atoms with Gasteiger partial charge in [0.15, 0.2) is 5.96 Å². The van der Waals surface area contributed by atoms with Gasteiger partial charge in [0.25, 0.3) is 0 Å². The van der Waals surface area contributed by atoms with Crippen LogP contribution < -0.4 is 10.6 Å². The van der Waals surface area contributed by atoms with E-state index in [2.05, 4.69) is 15.6 Å². The molecule has 0 rings (SSSR count). The summed E-state index contributed by atoms with van der Waals surface area (Å²) < 4.78 is 10.2. The van der Waals surface area contributed by atoms with Crippen molar-refractivity contribution >= 4 is 41.8 Å². The van der Waals surface area contributed by atoms with Gasteiger partial charge in [0, 0.05) is 34.3 Å². The highest BCUT2D eigenvalue weighted by atomic mass is 127. The van der Waals surface area contributed by atoms with E-state index in [1.807, 2.05) is 20.8 Å². The van der Waals surface area contributed by atoms with Crippen LogP contribution in [0.4, 0.5) is 0 Å². The predicted molar refractivity (Wildman–Crippen MR) is 105 cm³/mol. The Morgan fingerprint density at radius 1 is 1.12 bits per heavy atom. The fraction of sp³-hybridized carbons (Fsp3) is 0.800. The number of amides is 1. The summed E-state index contributed by atoms with van der Waals surface area (Å²) in [5.41, 5.74) is -0.497. The normalized spacial score (nSPS) is 11.3. The van der Waals surface area contributed by atoms with E-state index < -0.39 is 5.60 Å². The largest absolute Gasteiger partial charge is 0.460 e. The average Bonchev–Trinajstić information content (AvgIpc) is 2.41. The Bertz CT molecular complexity index is 409. The van der Waals surface area contributed by atoms with Gasteiger partial charge in [-0.25, -0.2) is 4.99 Å². The molecule has 0 fully saturated rings. The molecule has 0 saturated heterocycles. The zero-order valence-electron chi connectivity index (χ0n) is 15.5. The monoisotopic (exact) mass is 458 g/mol. The van der Waals surface area contributed by atoms with Gasteiger partial charge in [0.1, 0.15) is 12.1 Å². The first-order valence-corrected chi connectivity index (χ1v) is 7.59. The summed E-state index contributed by atoms with van der Waals surface area (Å²) in [6.07, 6.45) is 0.212. The minimum atomic E-state index is -0.497. The van der Waals surface area contributed by atoms with Crippen molar-refractivity contribution in [1.29, 1.82) is 0 Å². The van der Waals surface area contributed by atoms with Crippen molar-refractivity contribution in [3.63, 3.8) is 0 Å². The minimum absolute atomic E-state index is 0. The van der Waals surface area contributed by atoms with Crippen LogP contribution in [0.5, 0.6) is 0 Å². The molecule has 142 valence electrons. The molecule has 8 nitrogen and oxygen atoms in total. The van der Waals surface area contributed by atoms with Crippen molar-refractivity contribution < 1.29 is 19.1 Å². The lowest BCUT2D eigenvalue weighted by Crippen LogP contribution is -2.41. The van der Waals surface area contributed by atoms with Gasteiger partial charge in [-0.05, 0) is 20.8 Å². The van der Waals surface area contributed by atoms with E-state index in [4.69, 9.17) is 9.47 Å². The lowest BCUT2D eigenvalue weighted by atomic mass is 10.2. The van der Waals surface area contributed by atoms with Gasteiger partial charge in [-0.2, -0.15) is 0 Å². The van der Waals surface area contributed by atoms with E-state index in [0.717, 1.165) is 0 Å². The summed E-state index contributed by atoms with van der Waals surface area (Å²) in [6.45, 7) is 6.92. The Balaban J connectivity index is 0. The zero-order chi connectivity index (χ0) is 17.9. The van der Waals surface area contributed by atoms with Crippen molar-refractivity contribution in [3.05, 3.63) is 0 Å². The quantitative estimate of drug-likeness (QED) is 0.182. The Morgan fingerprint density at radius 2 is 1.71 bits per heavy atom. The third-order valence-corrected chi connectivity index (χ3v) is 2.51. The van der Waals surface area contributed by atoms with Crippen molar-refractivity contribution in [2.75, 3.05) is 47.4 Å². The number of carbonyl (C=O) groups excluding carboxylic acids is 2. The highest BCUT2D eigenvalue weighted by molar-refractivity contribution is 14.0. The molecule has 0 aromatic rings. The van der Waals surface area contributed by atoms with Gasteiger partial charge >= 0.3 is 5.97 Å².